The van der Waals surface area contributed by atoms with E-state index in [1.165, 1.54) is 12.1 Å². The molecule has 0 unspecified atom stereocenters. The Morgan fingerprint density at radius 3 is 2.43 bits per heavy atom. The molecule has 158 valence electrons. The molecule has 0 aromatic heterocycles. The van der Waals surface area contributed by atoms with Crippen molar-refractivity contribution in [2.24, 2.45) is 0 Å². The zero-order chi connectivity index (χ0) is 21.3. The fourth-order valence-electron chi connectivity index (χ4n) is 3.23. The van der Waals surface area contributed by atoms with E-state index in [2.05, 4.69) is 16.0 Å². The van der Waals surface area contributed by atoms with Crippen molar-refractivity contribution in [1.29, 1.82) is 0 Å². The molecule has 2 aromatic rings. The van der Waals surface area contributed by atoms with Gasteiger partial charge in [-0.05, 0) is 41.8 Å². The van der Waals surface area contributed by atoms with Crippen molar-refractivity contribution in [2.75, 3.05) is 24.5 Å². The van der Waals surface area contributed by atoms with Crippen LogP contribution in [-0.2, 0) is 22.6 Å². The summed E-state index contributed by atoms with van der Waals surface area (Å²) >= 11 is 0. The number of nitrogens with one attached hydrogen (secondary N) is 3. The summed E-state index contributed by atoms with van der Waals surface area (Å²) in [7, 11) is 0. The number of urea groups is 1. The fourth-order valence-corrected chi connectivity index (χ4v) is 3.23. The summed E-state index contributed by atoms with van der Waals surface area (Å²) in [6.07, 6.45) is 1.56. The molecule has 1 fully saturated rings. The Kier molecular flexibility index (Phi) is 7.37. The highest BCUT2D eigenvalue weighted by Gasteiger charge is 2.21. The van der Waals surface area contributed by atoms with Crippen molar-refractivity contribution in [2.45, 2.75) is 25.8 Å². The molecule has 3 rings (SSSR count). The summed E-state index contributed by atoms with van der Waals surface area (Å²) in [6.45, 7) is 1.65. The second kappa shape index (κ2) is 10.4. The number of rotatable bonds is 8. The Morgan fingerprint density at radius 2 is 1.73 bits per heavy atom. The van der Waals surface area contributed by atoms with Crippen LogP contribution in [0, 0.1) is 5.82 Å². The Labute approximate surface area is 174 Å². The highest BCUT2D eigenvalue weighted by Crippen LogP contribution is 2.21. The van der Waals surface area contributed by atoms with Gasteiger partial charge in [0.25, 0.3) is 0 Å². The van der Waals surface area contributed by atoms with E-state index in [0.717, 1.165) is 24.2 Å². The molecule has 0 aliphatic carbocycles. The topological polar surface area (TPSA) is 90.5 Å². The molecule has 1 aliphatic rings. The van der Waals surface area contributed by atoms with E-state index < -0.39 is 0 Å². The smallest absolute Gasteiger partial charge is 0.315 e. The van der Waals surface area contributed by atoms with Gasteiger partial charge in [-0.15, -0.1) is 0 Å². The number of carbonyl (C=O) groups is 3. The minimum atomic E-state index is -0.377. The van der Waals surface area contributed by atoms with Crippen LogP contribution in [0.2, 0.25) is 0 Å². The summed E-state index contributed by atoms with van der Waals surface area (Å²) in [5, 5.41) is 8.09. The molecule has 0 atom stereocenters. The van der Waals surface area contributed by atoms with Gasteiger partial charge in [0.05, 0.1) is 6.42 Å². The number of anilines is 1. The van der Waals surface area contributed by atoms with Gasteiger partial charge in [0, 0.05) is 38.3 Å². The molecule has 0 bridgehead atoms. The summed E-state index contributed by atoms with van der Waals surface area (Å²) < 4.78 is 13.1. The van der Waals surface area contributed by atoms with Crippen LogP contribution in [0.1, 0.15) is 24.0 Å². The van der Waals surface area contributed by atoms with E-state index in [0.29, 0.717) is 18.5 Å². The van der Waals surface area contributed by atoms with Gasteiger partial charge in [0.15, 0.2) is 0 Å². The first-order valence-electron chi connectivity index (χ1n) is 9.93. The maximum absolute atomic E-state index is 13.1. The molecule has 1 aliphatic heterocycles. The second-order valence-corrected chi connectivity index (χ2v) is 7.08. The Hall–Kier alpha value is -3.42. The predicted molar refractivity (Wildman–Crippen MR) is 111 cm³/mol. The van der Waals surface area contributed by atoms with E-state index in [4.69, 9.17) is 0 Å². The zero-order valence-corrected chi connectivity index (χ0v) is 16.6. The lowest BCUT2D eigenvalue weighted by Crippen LogP contribution is -2.40. The number of carbonyl (C=O) groups excluding carboxylic acids is 3. The summed E-state index contributed by atoms with van der Waals surface area (Å²) in [5.41, 5.74) is 2.39. The molecule has 0 radical (unpaired) electrons. The Balaban J connectivity index is 1.31. The number of nitrogens with zero attached hydrogens (tertiary/aromatic N) is 1. The highest BCUT2D eigenvalue weighted by molar-refractivity contribution is 5.95. The standard InChI is InChI=1S/C22H25FN4O3/c23-18-4-1-3-17(13-18)14-20(28)24-10-11-25-22(30)26-15-16-6-8-19(9-7-16)27-12-2-5-21(27)29/h1,3-4,6-9,13H,2,5,10-12,14-15H2,(H,24,28)(H2,25,26,30). The fraction of sp³-hybridized carbons (Fsp3) is 0.318. The molecule has 1 saturated heterocycles. The van der Waals surface area contributed by atoms with Gasteiger partial charge < -0.3 is 20.9 Å². The minimum Gasteiger partial charge on any atom is -0.354 e. The first-order valence-corrected chi connectivity index (χ1v) is 9.93. The predicted octanol–water partition coefficient (Wildman–Crippen LogP) is 2.11. The first-order chi connectivity index (χ1) is 14.5. The molecule has 0 saturated carbocycles. The number of benzene rings is 2. The molecule has 3 N–H and O–H groups in total. The van der Waals surface area contributed by atoms with Crippen LogP contribution in [0.5, 0.6) is 0 Å². The third kappa shape index (κ3) is 6.30. The third-order valence-electron chi connectivity index (χ3n) is 4.76. The number of hydrogen-bond donors (Lipinski definition) is 3. The van der Waals surface area contributed by atoms with Crippen LogP contribution < -0.4 is 20.9 Å². The molecule has 1 heterocycles. The molecular weight excluding hydrogens is 387 g/mol. The van der Waals surface area contributed by atoms with Gasteiger partial charge in [-0.3, -0.25) is 9.59 Å². The van der Waals surface area contributed by atoms with Gasteiger partial charge in [-0.2, -0.15) is 0 Å². The molecule has 0 spiro atoms. The Morgan fingerprint density at radius 1 is 0.967 bits per heavy atom. The van der Waals surface area contributed by atoms with Crippen molar-refractivity contribution in [1.82, 2.24) is 16.0 Å². The lowest BCUT2D eigenvalue weighted by atomic mass is 10.1. The quantitative estimate of drug-likeness (QED) is 0.580. The van der Waals surface area contributed by atoms with E-state index in [-0.39, 0.29) is 43.2 Å². The minimum absolute atomic E-state index is 0.0863. The lowest BCUT2D eigenvalue weighted by Gasteiger charge is -2.16. The highest BCUT2D eigenvalue weighted by atomic mass is 19.1. The van der Waals surface area contributed by atoms with Crippen LogP contribution in [0.3, 0.4) is 0 Å². The van der Waals surface area contributed by atoms with Crippen LogP contribution in [-0.4, -0.2) is 37.5 Å². The summed E-state index contributed by atoms with van der Waals surface area (Å²) in [5.74, 6) is -0.472. The molecule has 7 nitrogen and oxygen atoms in total. The molecule has 8 heteroatoms. The van der Waals surface area contributed by atoms with E-state index in [9.17, 15) is 18.8 Å². The largest absolute Gasteiger partial charge is 0.354 e. The van der Waals surface area contributed by atoms with Crippen molar-refractivity contribution >= 4 is 23.5 Å². The van der Waals surface area contributed by atoms with Gasteiger partial charge in [0.1, 0.15) is 5.82 Å². The first kappa shape index (κ1) is 21.3. The van der Waals surface area contributed by atoms with Crippen molar-refractivity contribution < 1.29 is 18.8 Å². The average Bonchev–Trinajstić information content (AvgIpc) is 3.16. The normalized spacial score (nSPS) is 13.2. The average molecular weight is 412 g/mol. The number of hydrogen-bond acceptors (Lipinski definition) is 3. The second-order valence-electron chi connectivity index (χ2n) is 7.08. The monoisotopic (exact) mass is 412 g/mol. The van der Waals surface area contributed by atoms with Crippen LogP contribution in [0.4, 0.5) is 14.9 Å². The maximum atomic E-state index is 13.1. The van der Waals surface area contributed by atoms with Gasteiger partial charge in [-0.25, -0.2) is 9.18 Å². The lowest BCUT2D eigenvalue weighted by molar-refractivity contribution is -0.120. The van der Waals surface area contributed by atoms with Crippen LogP contribution in [0.25, 0.3) is 0 Å². The molecule has 2 aromatic carbocycles. The SMILES string of the molecule is O=C(Cc1cccc(F)c1)NCCNC(=O)NCc1ccc(N2CCCC2=O)cc1. The summed E-state index contributed by atoms with van der Waals surface area (Å²) in [4.78, 5) is 37.3. The van der Waals surface area contributed by atoms with Crippen molar-refractivity contribution in [3.05, 3.63) is 65.5 Å². The maximum Gasteiger partial charge on any atom is 0.315 e. The van der Waals surface area contributed by atoms with E-state index in [1.807, 2.05) is 24.3 Å². The van der Waals surface area contributed by atoms with Gasteiger partial charge in [-0.1, -0.05) is 24.3 Å². The number of halogens is 1. The Bertz CT molecular complexity index is 902. The van der Waals surface area contributed by atoms with Gasteiger partial charge >= 0.3 is 6.03 Å². The molecule has 4 amide bonds. The molecule has 30 heavy (non-hydrogen) atoms. The van der Waals surface area contributed by atoms with Crippen molar-refractivity contribution in [3.63, 3.8) is 0 Å². The third-order valence-corrected chi connectivity index (χ3v) is 4.76. The van der Waals surface area contributed by atoms with Crippen LogP contribution >= 0.6 is 0 Å². The summed E-state index contributed by atoms with van der Waals surface area (Å²) in [6, 6.07) is 13.1. The van der Waals surface area contributed by atoms with E-state index in [1.54, 1.807) is 17.0 Å². The zero-order valence-electron chi connectivity index (χ0n) is 16.6. The number of amides is 4. The van der Waals surface area contributed by atoms with Gasteiger partial charge in [0.2, 0.25) is 11.8 Å². The van der Waals surface area contributed by atoms with Crippen LogP contribution in [0.15, 0.2) is 48.5 Å². The molecular formula is C22H25FN4O3. The van der Waals surface area contributed by atoms with Crippen molar-refractivity contribution in [3.8, 4) is 0 Å². The van der Waals surface area contributed by atoms with E-state index >= 15 is 0 Å².